The second kappa shape index (κ2) is 5.99. The fourth-order valence-corrected chi connectivity index (χ4v) is 3.72. The average molecular weight is 237 g/mol. The van der Waals surface area contributed by atoms with E-state index in [1.165, 1.54) is 57.7 Å². The van der Waals surface area contributed by atoms with Gasteiger partial charge in [-0.25, -0.2) is 0 Å². The van der Waals surface area contributed by atoms with Crippen LogP contribution < -0.4 is 0 Å². The first-order valence-corrected chi connectivity index (χ1v) is 7.42. The molecule has 0 aromatic heterocycles. The van der Waals surface area contributed by atoms with Crippen LogP contribution in [0.25, 0.3) is 0 Å². The van der Waals surface area contributed by atoms with E-state index in [1.54, 1.807) is 0 Å². The van der Waals surface area contributed by atoms with Gasteiger partial charge in [0.15, 0.2) is 0 Å². The lowest BCUT2D eigenvalue weighted by atomic mass is 9.74. The van der Waals surface area contributed by atoms with Crippen LogP contribution in [0.2, 0.25) is 0 Å². The summed E-state index contributed by atoms with van der Waals surface area (Å²) in [6.07, 6.45) is 14.2. The van der Waals surface area contributed by atoms with Gasteiger partial charge in [-0.2, -0.15) is 0 Å². The lowest BCUT2D eigenvalue weighted by Gasteiger charge is -2.39. The molecule has 0 atom stereocenters. The second-order valence-corrected chi connectivity index (χ2v) is 6.25. The Bertz CT molecular complexity index is 239. The highest BCUT2D eigenvalue weighted by Gasteiger charge is 2.34. The highest BCUT2D eigenvalue weighted by atomic mass is 16.1. The first-order valence-electron chi connectivity index (χ1n) is 7.42. The maximum absolute atomic E-state index is 11.5. The monoisotopic (exact) mass is 237 g/mol. The number of nitrogens with zero attached hydrogens (tertiary/aromatic N) is 1. The molecule has 0 aromatic carbocycles. The van der Waals surface area contributed by atoms with E-state index < -0.39 is 0 Å². The van der Waals surface area contributed by atoms with Crippen molar-refractivity contribution in [1.29, 1.82) is 0 Å². The topological polar surface area (TPSA) is 20.3 Å². The van der Waals surface area contributed by atoms with Gasteiger partial charge in [0, 0.05) is 18.0 Å². The van der Waals surface area contributed by atoms with Crippen LogP contribution in [-0.4, -0.2) is 30.8 Å². The van der Waals surface area contributed by atoms with Crippen molar-refractivity contribution in [3.05, 3.63) is 0 Å². The molecule has 2 nitrogen and oxygen atoms in total. The van der Waals surface area contributed by atoms with Gasteiger partial charge in [0.2, 0.25) is 0 Å². The zero-order chi connectivity index (χ0) is 12.1. The van der Waals surface area contributed by atoms with Crippen molar-refractivity contribution in [2.45, 2.75) is 70.3 Å². The molecule has 2 heteroatoms. The molecular weight excluding hydrogens is 210 g/mol. The van der Waals surface area contributed by atoms with Crippen molar-refractivity contribution < 1.29 is 4.79 Å². The highest BCUT2D eigenvalue weighted by molar-refractivity contribution is 5.60. The zero-order valence-electron chi connectivity index (χ0n) is 11.3. The SMILES string of the molecule is CN(CC1(C=O)CCCCC1)C1CCCCC1. The van der Waals surface area contributed by atoms with Gasteiger partial charge < -0.3 is 9.69 Å². The molecule has 2 aliphatic rings. The summed E-state index contributed by atoms with van der Waals surface area (Å²) in [5, 5.41) is 0. The molecule has 0 heterocycles. The normalized spacial score (nSPS) is 26.0. The summed E-state index contributed by atoms with van der Waals surface area (Å²) < 4.78 is 0. The predicted molar refractivity (Wildman–Crippen MR) is 71.1 cm³/mol. The van der Waals surface area contributed by atoms with Crippen LogP contribution in [0.15, 0.2) is 0 Å². The molecule has 0 aliphatic heterocycles. The summed E-state index contributed by atoms with van der Waals surface area (Å²) >= 11 is 0. The molecule has 0 saturated heterocycles. The Kier molecular flexibility index (Phi) is 4.61. The molecule has 2 saturated carbocycles. The molecular formula is C15H27NO. The molecule has 2 rings (SSSR count). The minimum absolute atomic E-state index is 0.00948. The Morgan fingerprint density at radius 1 is 1.06 bits per heavy atom. The van der Waals surface area contributed by atoms with Crippen LogP contribution in [0, 0.1) is 5.41 Å². The Hall–Kier alpha value is -0.370. The van der Waals surface area contributed by atoms with Crippen molar-refractivity contribution in [2.75, 3.05) is 13.6 Å². The number of hydrogen-bond acceptors (Lipinski definition) is 2. The van der Waals surface area contributed by atoms with Crippen molar-refractivity contribution in [3.8, 4) is 0 Å². The summed E-state index contributed by atoms with van der Waals surface area (Å²) in [5.74, 6) is 0. The minimum atomic E-state index is -0.00948. The Morgan fingerprint density at radius 3 is 2.24 bits per heavy atom. The number of carbonyl (C=O) groups excluding carboxylic acids is 1. The van der Waals surface area contributed by atoms with Gasteiger partial charge in [0.25, 0.3) is 0 Å². The van der Waals surface area contributed by atoms with Gasteiger partial charge in [-0.15, -0.1) is 0 Å². The van der Waals surface area contributed by atoms with Crippen molar-refractivity contribution in [2.24, 2.45) is 5.41 Å². The standard InChI is InChI=1S/C15H27NO/c1-16(14-8-4-2-5-9-14)12-15(13-17)10-6-3-7-11-15/h13-14H,2-12H2,1H3. The van der Waals surface area contributed by atoms with E-state index >= 15 is 0 Å². The molecule has 0 bridgehead atoms. The van der Waals surface area contributed by atoms with E-state index in [2.05, 4.69) is 11.9 Å². The van der Waals surface area contributed by atoms with Crippen LogP contribution in [-0.2, 0) is 4.79 Å². The number of aldehydes is 1. The fourth-order valence-electron chi connectivity index (χ4n) is 3.72. The largest absolute Gasteiger partial charge is 0.303 e. The zero-order valence-corrected chi connectivity index (χ0v) is 11.3. The van der Waals surface area contributed by atoms with Gasteiger partial charge in [-0.3, -0.25) is 0 Å². The molecule has 0 radical (unpaired) electrons. The molecule has 2 aliphatic carbocycles. The van der Waals surface area contributed by atoms with Gasteiger partial charge in [-0.05, 0) is 32.7 Å². The molecule has 0 N–H and O–H groups in total. The second-order valence-electron chi connectivity index (χ2n) is 6.25. The molecule has 98 valence electrons. The Balaban J connectivity index is 1.90. The third-order valence-corrected chi connectivity index (χ3v) is 4.86. The van der Waals surface area contributed by atoms with E-state index in [-0.39, 0.29) is 5.41 Å². The van der Waals surface area contributed by atoms with Gasteiger partial charge in [0.05, 0.1) is 0 Å². The molecule has 17 heavy (non-hydrogen) atoms. The molecule has 0 amide bonds. The molecule has 0 spiro atoms. The van der Waals surface area contributed by atoms with E-state index in [0.29, 0.717) is 0 Å². The lowest BCUT2D eigenvalue weighted by molar-refractivity contribution is -0.119. The quantitative estimate of drug-likeness (QED) is 0.698. The average Bonchev–Trinajstić information content (AvgIpc) is 2.41. The predicted octanol–water partition coefficient (Wildman–Crippen LogP) is 3.40. The summed E-state index contributed by atoms with van der Waals surface area (Å²) in [5.41, 5.74) is -0.00948. The Labute approximate surface area is 106 Å². The third-order valence-electron chi connectivity index (χ3n) is 4.86. The Morgan fingerprint density at radius 2 is 1.65 bits per heavy atom. The maximum atomic E-state index is 11.5. The van der Waals surface area contributed by atoms with Crippen LogP contribution in [0.4, 0.5) is 0 Å². The summed E-state index contributed by atoms with van der Waals surface area (Å²) in [6.45, 7) is 1.00. The third kappa shape index (κ3) is 3.31. The van der Waals surface area contributed by atoms with Gasteiger partial charge in [0.1, 0.15) is 6.29 Å². The van der Waals surface area contributed by atoms with E-state index in [1.807, 2.05) is 0 Å². The lowest BCUT2D eigenvalue weighted by Crippen LogP contribution is -2.43. The molecule has 0 unspecified atom stereocenters. The van der Waals surface area contributed by atoms with Gasteiger partial charge >= 0.3 is 0 Å². The van der Waals surface area contributed by atoms with Gasteiger partial charge in [-0.1, -0.05) is 38.5 Å². The van der Waals surface area contributed by atoms with E-state index in [4.69, 9.17) is 0 Å². The van der Waals surface area contributed by atoms with Crippen LogP contribution in [0.5, 0.6) is 0 Å². The van der Waals surface area contributed by atoms with Crippen LogP contribution in [0.3, 0.4) is 0 Å². The van der Waals surface area contributed by atoms with Crippen molar-refractivity contribution >= 4 is 6.29 Å². The van der Waals surface area contributed by atoms with E-state index in [0.717, 1.165) is 25.4 Å². The first kappa shape index (κ1) is 13.1. The van der Waals surface area contributed by atoms with Crippen LogP contribution >= 0.6 is 0 Å². The molecule has 2 fully saturated rings. The van der Waals surface area contributed by atoms with Crippen molar-refractivity contribution in [3.63, 3.8) is 0 Å². The van der Waals surface area contributed by atoms with E-state index in [9.17, 15) is 4.79 Å². The first-order chi connectivity index (χ1) is 8.26. The van der Waals surface area contributed by atoms with Crippen molar-refractivity contribution in [1.82, 2.24) is 4.90 Å². The summed E-state index contributed by atoms with van der Waals surface area (Å²) in [7, 11) is 2.23. The number of rotatable bonds is 4. The maximum Gasteiger partial charge on any atom is 0.127 e. The smallest absolute Gasteiger partial charge is 0.127 e. The van der Waals surface area contributed by atoms with Crippen LogP contribution in [0.1, 0.15) is 64.2 Å². The summed E-state index contributed by atoms with van der Waals surface area (Å²) in [4.78, 5) is 14.0. The number of carbonyl (C=O) groups is 1. The molecule has 0 aromatic rings. The fraction of sp³-hybridized carbons (Fsp3) is 0.933. The minimum Gasteiger partial charge on any atom is -0.303 e. The highest BCUT2D eigenvalue weighted by Crippen LogP contribution is 2.36. The summed E-state index contributed by atoms with van der Waals surface area (Å²) in [6, 6.07) is 0.738. The number of hydrogen-bond donors (Lipinski definition) is 0.